The van der Waals surface area contributed by atoms with Gasteiger partial charge in [0.1, 0.15) is 0 Å². The molecule has 0 atom stereocenters. The minimum Gasteiger partial charge on any atom is -0.411 e. The van der Waals surface area contributed by atoms with Gasteiger partial charge in [-0.15, -0.1) is 10.2 Å². The van der Waals surface area contributed by atoms with E-state index in [0.29, 0.717) is 17.7 Å². The molecular weight excluding hydrogens is 382 g/mol. The molecule has 1 aromatic heterocycles. The van der Waals surface area contributed by atoms with Crippen molar-refractivity contribution in [3.63, 3.8) is 0 Å². The first-order chi connectivity index (χ1) is 14.3. The highest BCUT2D eigenvalue weighted by Crippen LogP contribution is 2.24. The molecule has 0 aliphatic heterocycles. The van der Waals surface area contributed by atoms with Crippen LogP contribution in [0.3, 0.4) is 0 Å². The third-order valence-electron chi connectivity index (χ3n) is 4.30. The summed E-state index contributed by atoms with van der Waals surface area (Å²) in [4.78, 5) is 14.8. The van der Waals surface area contributed by atoms with Crippen molar-refractivity contribution in [2.45, 2.75) is 11.8 Å². The van der Waals surface area contributed by atoms with Crippen LogP contribution >= 0.6 is 11.8 Å². The van der Waals surface area contributed by atoms with Crippen LogP contribution in [0, 0.1) is 0 Å². The molecule has 0 radical (unpaired) electrons. The zero-order valence-electron chi connectivity index (χ0n) is 15.6. The third-order valence-corrected chi connectivity index (χ3v) is 5.10. The van der Waals surface area contributed by atoms with Crippen LogP contribution < -0.4 is 4.90 Å². The second kappa shape index (κ2) is 9.21. The number of carbonyl (C=O) groups is 1. The molecule has 29 heavy (non-hydrogen) atoms. The summed E-state index contributed by atoms with van der Waals surface area (Å²) in [6, 6.07) is 29.2. The van der Waals surface area contributed by atoms with E-state index >= 15 is 0 Å². The van der Waals surface area contributed by atoms with Gasteiger partial charge in [0.15, 0.2) is 0 Å². The van der Waals surface area contributed by atoms with Crippen molar-refractivity contribution in [1.29, 1.82) is 0 Å². The molecule has 0 aliphatic rings. The Hall–Kier alpha value is -3.38. The van der Waals surface area contributed by atoms with Crippen LogP contribution in [0.1, 0.15) is 5.56 Å². The first-order valence-corrected chi connectivity index (χ1v) is 10.2. The van der Waals surface area contributed by atoms with Crippen LogP contribution in [-0.2, 0) is 11.3 Å². The summed E-state index contributed by atoms with van der Waals surface area (Å²) in [5, 5.41) is 8.51. The summed E-state index contributed by atoms with van der Waals surface area (Å²) in [6.07, 6.45) is 0. The van der Waals surface area contributed by atoms with Crippen molar-refractivity contribution in [2.75, 3.05) is 10.7 Å². The Labute approximate surface area is 173 Å². The smallest absolute Gasteiger partial charge is 0.277 e. The minimum absolute atomic E-state index is 0.0236. The number of hydrogen-bond donors (Lipinski definition) is 0. The van der Waals surface area contributed by atoms with E-state index in [9.17, 15) is 4.79 Å². The molecule has 0 fully saturated rings. The van der Waals surface area contributed by atoms with Gasteiger partial charge in [0.2, 0.25) is 11.8 Å². The number of rotatable bonds is 7. The predicted octanol–water partition coefficient (Wildman–Crippen LogP) is 5.06. The van der Waals surface area contributed by atoms with Gasteiger partial charge in [0.05, 0.1) is 12.3 Å². The van der Waals surface area contributed by atoms with Gasteiger partial charge >= 0.3 is 0 Å². The van der Waals surface area contributed by atoms with E-state index in [0.717, 1.165) is 16.8 Å². The Kier molecular flexibility index (Phi) is 6.02. The highest BCUT2D eigenvalue weighted by molar-refractivity contribution is 7.99. The van der Waals surface area contributed by atoms with E-state index in [4.69, 9.17) is 4.42 Å². The van der Waals surface area contributed by atoms with Crippen LogP contribution in [-0.4, -0.2) is 21.9 Å². The quantitative estimate of drug-likeness (QED) is 0.405. The SMILES string of the molecule is O=C(CSc1nnc(-c2ccccc2)o1)N(Cc1ccccc1)c1ccccc1. The molecule has 5 nitrogen and oxygen atoms in total. The number of benzene rings is 3. The van der Waals surface area contributed by atoms with Gasteiger partial charge in [0.25, 0.3) is 5.22 Å². The Balaban J connectivity index is 1.46. The monoisotopic (exact) mass is 401 g/mol. The summed E-state index contributed by atoms with van der Waals surface area (Å²) in [5.41, 5.74) is 2.78. The molecule has 0 aliphatic carbocycles. The van der Waals surface area contributed by atoms with E-state index in [2.05, 4.69) is 10.2 Å². The lowest BCUT2D eigenvalue weighted by molar-refractivity contribution is -0.116. The Morgan fingerprint density at radius 1 is 0.828 bits per heavy atom. The standard InChI is InChI=1S/C23H19N3O2S/c27-21(17-29-23-25-24-22(28-23)19-12-6-2-7-13-19)26(20-14-8-3-9-15-20)16-18-10-4-1-5-11-18/h1-15H,16-17H2. The lowest BCUT2D eigenvalue weighted by atomic mass is 10.2. The van der Waals surface area contributed by atoms with Crippen LogP contribution in [0.25, 0.3) is 11.5 Å². The predicted molar refractivity (Wildman–Crippen MR) is 115 cm³/mol. The van der Waals surface area contributed by atoms with Gasteiger partial charge in [-0.1, -0.05) is 78.5 Å². The highest BCUT2D eigenvalue weighted by atomic mass is 32.2. The summed E-state index contributed by atoms with van der Waals surface area (Å²) in [6.45, 7) is 0.503. The van der Waals surface area contributed by atoms with E-state index in [-0.39, 0.29) is 11.7 Å². The first-order valence-electron chi connectivity index (χ1n) is 9.20. The molecule has 1 heterocycles. The maximum Gasteiger partial charge on any atom is 0.277 e. The number of hydrogen-bond acceptors (Lipinski definition) is 5. The number of para-hydroxylation sites is 1. The third kappa shape index (κ3) is 4.92. The van der Waals surface area contributed by atoms with E-state index in [1.807, 2.05) is 91.0 Å². The maximum atomic E-state index is 13.0. The van der Waals surface area contributed by atoms with Gasteiger partial charge in [-0.25, -0.2) is 0 Å². The van der Waals surface area contributed by atoms with Crippen LogP contribution in [0.5, 0.6) is 0 Å². The van der Waals surface area contributed by atoms with Gasteiger partial charge < -0.3 is 9.32 Å². The fourth-order valence-corrected chi connectivity index (χ4v) is 3.50. The maximum absolute atomic E-state index is 13.0. The van der Waals surface area contributed by atoms with E-state index in [1.165, 1.54) is 11.8 Å². The number of carbonyl (C=O) groups excluding carboxylic acids is 1. The lowest BCUT2D eigenvalue weighted by Crippen LogP contribution is -2.31. The molecule has 6 heteroatoms. The van der Waals surface area contributed by atoms with E-state index < -0.39 is 0 Å². The summed E-state index contributed by atoms with van der Waals surface area (Å²) < 4.78 is 5.69. The molecular formula is C23H19N3O2S. The van der Waals surface area contributed by atoms with Crippen LogP contribution in [0.15, 0.2) is 101 Å². The Morgan fingerprint density at radius 3 is 2.14 bits per heavy atom. The van der Waals surface area contributed by atoms with Gasteiger partial charge in [-0.05, 0) is 29.8 Å². The van der Waals surface area contributed by atoms with Gasteiger partial charge in [-0.2, -0.15) is 0 Å². The highest BCUT2D eigenvalue weighted by Gasteiger charge is 2.18. The number of amides is 1. The number of anilines is 1. The van der Waals surface area contributed by atoms with Crippen molar-refractivity contribution in [1.82, 2.24) is 10.2 Å². The normalized spacial score (nSPS) is 10.6. The summed E-state index contributed by atoms with van der Waals surface area (Å²) >= 11 is 1.25. The number of aromatic nitrogens is 2. The molecule has 0 unspecified atom stereocenters. The first kappa shape index (κ1) is 19.0. The number of thioether (sulfide) groups is 1. The Morgan fingerprint density at radius 2 is 1.45 bits per heavy atom. The van der Waals surface area contributed by atoms with Crippen molar-refractivity contribution in [3.8, 4) is 11.5 Å². The molecule has 4 rings (SSSR count). The molecule has 1 amide bonds. The molecule has 0 N–H and O–H groups in total. The van der Waals surface area contributed by atoms with Crippen LogP contribution in [0.4, 0.5) is 5.69 Å². The van der Waals surface area contributed by atoms with E-state index in [1.54, 1.807) is 4.90 Å². The van der Waals surface area contributed by atoms with Crippen molar-refractivity contribution >= 4 is 23.4 Å². The molecule has 144 valence electrons. The van der Waals surface area contributed by atoms with Crippen molar-refractivity contribution < 1.29 is 9.21 Å². The van der Waals surface area contributed by atoms with Crippen LogP contribution in [0.2, 0.25) is 0 Å². The fraction of sp³-hybridized carbons (Fsp3) is 0.0870. The molecule has 0 saturated carbocycles. The number of nitrogens with zero attached hydrogens (tertiary/aromatic N) is 3. The second-order valence-electron chi connectivity index (χ2n) is 6.33. The van der Waals surface area contributed by atoms with Gasteiger partial charge in [-0.3, -0.25) is 4.79 Å². The van der Waals surface area contributed by atoms with Crippen molar-refractivity contribution in [2.24, 2.45) is 0 Å². The van der Waals surface area contributed by atoms with Gasteiger partial charge in [0, 0.05) is 11.3 Å². The topological polar surface area (TPSA) is 59.2 Å². The Bertz CT molecular complexity index is 1050. The molecule has 3 aromatic carbocycles. The lowest BCUT2D eigenvalue weighted by Gasteiger charge is -2.22. The largest absolute Gasteiger partial charge is 0.411 e. The summed E-state index contributed by atoms with van der Waals surface area (Å²) in [5.74, 6) is 0.632. The molecule has 4 aromatic rings. The molecule has 0 spiro atoms. The van der Waals surface area contributed by atoms with Crippen molar-refractivity contribution in [3.05, 3.63) is 96.6 Å². The average molecular weight is 401 g/mol. The zero-order chi connectivity index (χ0) is 19.9. The fourth-order valence-electron chi connectivity index (χ4n) is 2.86. The second-order valence-corrected chi connectivity index (χ2v) is 7.26. The molecule has 0 saturated heterocycles. The average Bonchev–Trinajstić information content (AvgIpc) is 3.27. The summed E-state index contributed by atoms with van der Waals surface area (Å²) in [7, 11) is 0. The molecule has 0 bridgehead atoms. The zero-order valence-corrected chi connectivity index (χ0v) is 16.5. The minimum atomic E-state index is -0.0236.